The number of hydrogen-bond acceptors (Lipinski definition) is 4. The van der Waals surface area contributed by atoms with Gasteiger partial charge in [-0.25, -0.2) is 8.78 Å². The average molecular weight is 531 g/mol. The molecule has 38 heavy (non-hydrogen) atoms. The minimum absolute atomic E-state index is 0.102. The van der Waals surface area contributed by atoms with E-state index in [2.05, 4.69) is 11.4 Å². The average Bonchev–Trinajstić information content (AvgIpc) is 3.67. The van der Waals surface area contributed by atoms with Crippen molar-refractivity contribution in [3.8, 4) is 17.2 Å². The monoisotopic (exact) mass is 530 g/mol. The van der Waals surface area contributed by atoms with Crippen molar-refractivity contribution in [2.24, 2.45) is 5.92 Å². The van der Waals surface area contributed by atoms with Crippen LogP contribution < -0.4 is 5.32 Å². The van der Waals surface area contributed by atoms with Crippen molar-refractivity contribution in [2.45, 2.75) is 32.2 Å². The first kappa shape index (κ1) is 25.9. The lowest BCUT2D eigenvalue weighted by Gasteiger charge is -2.20. The third kappa shape index (κ3) is 5.73. The van der Waals surface area contributed by atoms with Gasteiger partial charge in [-0.2, -0.15) is 5.26 Å². The van der Waals surface area contributed by atoms with Crippen LogP contribution in [0.25, 0.3) is 11.1 Å². The fourth-order valence-corrected chi connectivity index (χ4v) is 5.85. The molecule has 0 bridgehead atoms. The molecule has 2 fully saturated rings. The van der Waals surface area contributed by atoms with Crippen molar-refractivity contribution in [2.75, 3.05) is 18.8 Å². The summed E-state index contributed by atoms with van der Waals surface area (Å²) in [6.45, 7) is 3.39. The Hall–Kier alpha value is -3.70. The van der Waals surface area contributed by atoms with Gasteiger partial charge in [0.05, 0.1) is 11.6 Å². The van der Waals surface area contributed by atoms with Gasteiger partial charge in [0.2, 0.25) is 0 Å². The van der Waals surface area contributed by atoms with Gasteiger partial charge in [-0.05, 0) is 89.9 Å². The first-order valence-electron chi connectivity index (χ1n) is 12.7. The zero-order valence-corrected chi connectivity index (χ0v) is 21.9. The van der Waals surface area contributed by atoms with Crippen LogP contribution in [0.4, 0.5) is 8.78 Å². The van der Waals surface area contributed by atoms with E-state index in [0.717, 1.165) is 36.3 Å². The van der Waals surface area contributed by atoms with Gasteiger partial charge in [0.25, 0.3) is 5.91 Å². The lowest BCUT2D eigenvalue weighted by molar-refractivity contribution is 0.0950. The van der Waals surface area contributed by atoms with Gasteiger partial charge in [0, 0.05) is 36.9 Å². The van der Waals surface area contributed by atoms with E-state index >= 15 is 0 Å². The van der Waals surface area contributed by atoms with Crippen LogP contribution >= 0.6 is 11.8 Å². The number of aryl methyl sites for hydroxylation is 1. The zero-order valence-electron chi connectivity index (χ0n) is 21.1. The van der Waals surface area contributed by atoms with Crippen LogP contribution in [0, 0.1) is 41.2 Å². The molecule has 5 rings (SSSR count). The van der Waals surface area contributed by atoms with Crippen molar-refractivity contribution in [3.05, 3.63) is 94.0 Å². The molecule has 1 amide bonds. The minimum atomic E-state index is -0.496. The first-order valence-corrected chi connectivity index (χ1v) is 13.7. The number of nitrogens with one attached hydrogen (secondary N) is 2. The van der Waals surface area contributed by atoms with E-state index in [1.165, 1.54) is 30.0 Å². The number of rotatable bonds is 8. The van der Waals surface area contributed by atoms with Crippen LogP contribution in [0.2, 0.25) is 0 Å². The number of nitriles is 1. The van der Waals surface area contributed by atoms with Crippen molar-refractivity contribution in [1.82, 2.24) is 10.2 Å². The summed E-state index contributed by atoms with van der Waals surface area (Å²) in [5.41, 5.74) is 4.28. The van der Waals surface area contributed by atoms with Gasteiger partial charge in [-0.1, -0.05) is 30.0 Å². The number of carbonyl (C=O) groups excluding carboxylic acids is 1. The topological polar surface area (TPSA) is 80.0 Å². The quantitative estimate of drug-likeness (QED) is 0.362. The van der Waals surface area contributed by atoms with E-state index in [1.807, 2.05) is 23.1 Å². The molecule has 2 N–H and O–H groups in total. The predicted octanol–water partition coefficient (Wildman–Crippen LogP) is 6.22. The summed E-state index contributed by atoms with van der Waals surface area (Å²) in [6, 6.07) is 16.7. The van der Waals surface area contributed by atoms with Crippen molar-refractivity contribution in [3.63, 3.8) is 0 Å². The zero-order chi connectivity index (χ0) is 26.8. The molecule has 3 aromatic carbocycles. The fourth-order valence-electron chi connectivity index (χ4n) is 5.01. The van der Waals surface area contributed by atoms with Gasteiger partial charge < -0.3 is 10.2 Å². The number of amides is 1. The highest BCUT2D eigenvalue weighted by molar-refractivity contribution is 8.14. The summed E-state index contributed by atoms with van der Waals surface area (Å²) in [7, 11) is 0. The third-order valence-electron chi connectivity index (χ3n) is 7.21. The Morgan fingerprint density at radius 1 is 1.18 bits per heavy atom. The summed E-state index contributed by atoms with van der Waals surface area (Å²) in [5.74, 6) is 0.420. The SMILES string of the molecule is Cc1cc([C@@H](CNC(=O)c2cc(CN3CCSC3=N)cc(-c3ccc(F)cc3C#N)c2)C2CC2)ccc1F. The second-order valence-corrected chi connectivity index (χ2v) is 11.0. The van der Waals surface area contributed by atoms with Crippen LogP contribution in [-0.4, -0.2) is 34.8 Å². The number of thioether (sulfide) groups is 1. The van der Waals surface area contributed by atoms with Gasteiger partial charge in [-0.3, -0.25) is 10.2 Å². The number of halogens is 2. The molecular formula is C30H28F2N4OS. The Balaban J connectivity index is 1.43. The predicted molar refractivity (Wildman–Crippen MR) is 146 cm³/mol. The lowest BCUT2D eigenvalue weighted by Crippen LogP contribution is -2.29. The standard InChI is InChI=1S/C30H28F2N4OS/c1-18-10-21(4-7-28(18)32)27(20-2-3-20)16-35-29(37)23-12-19(17-36-8-9-38-30(36)34)11-22(13-23)26-6-5-25(31)14-24(26)15-33/h4-7,10-14,20,27,34H,2-3,8-9,16-17H2,1H3,(H,35,37)/t27-/m0/s1. The van der Waals surface area contributed by atoms with Crippen LogP contribution in [0.3, 0.4) is 0 Å². The highest BCUT2D eigenvalue weighted by Crippen LogP contribution is 2.42. The van der Waals surface area contributed by atoms with E-state index in [-0.39, 0.29) is 23.2 Å². The lowest BCUT2D eigenvalue weighted by atomic mass is 9.92. The second kappa shape index (κ2) is 11.0. The molecule has 0 spiro atoms. The van der Waals surface area contributed by atoms with Crippen LogP contribution in [0.1, 0.15) is 51.4 Å². The molecule has 5 nitrogen and oxygen atoms in total. The first-order chi connectivity index (χ1) is 18.3. The van der Waals surface area contributed by atoms with E-state index in [4.69, 9.17) is 5.41 Å². The number of hydrogen-bond donors (Lipinski definition) is 2. The number of nitrogens with zero attached hydrogens (tertiary/aromatic N) is 2. The van der Waals surface area contributed by atoms with Crippen molar-refractivity contribution < 1.29 is 13.6 Å². The van der Waals surface area contributed by atoms with Crippen molar-refractivity contribution in [1.29, 1.82) is 10.7 Å². The maximum absolute atomic E-state index is 13.8. The van der Waals surface area contributed by atoms with Gasteiger partial charge in [0.1, 0.15) is 11.6 Å². The normalized spacial score (nSPS) is 15.8. The summed E-state index contributed by atoms with van der Waals surface area (Å²) in [6.07, 6.45) is 2.16. The van der Waals surface area contributed by atoms with Gasteiger partial charge in [-0.15, -0.1) is 0 Å². The van der Waals surface area contributed by atoms with Gasteiger partial charge in [0.15, 0.2) is 5.17 Å². The Bertz CT molecular complexity index is 1450. The Labute approximate surface area is 225 Å². The largest absolute Gasteiger partial charge is 0.351 e. The molecule has 1 aliphatic carbocycles. The molecule has 0 unspecified atom stereocenters. The summed E-state index contributed by atoms with van der Waals surface area (Å²) < 4.78 is 27.7. The van der Waals surface area contributed by atoms with E-state index in [1.54, 1.807) is 25.1 Å². The highest BCUT2D eigenvalue weighted by Gasteiger charge is 2.33. The van der Waals surface area contributed by atoms with Crippen LogP contribution in [0.15, 0.2) is 54.6 Å². The molecular weight excluding hydrogens is 502 g/mol. The Morgan fingerprint density at radius 3 is 2.68 bits per heavy atom. The highest BCUT2D eigenvalue weighted by atomic mass is 32.2. The second-order valence-electron chi connectivity index (χ2n) is 9.96. The molecule has 1 heterocycles. The third-order valence-corrected chi connectivity index (χ3v) is 8.13. The van der Waals surface area contributed by atoms with E-state index < -0.39 is 5.82 Å². The van der Waals surface area contributed by atoms with E-state index in [9.17, 15) is 18.8 Å². The number of amidine groups is 1. The fraction of sp³-hybridized carbons (Fsp3) is 0.300. The van der Waals surface area contributed by atoms with Gasteiger partial charge >= 0.3 is 0 Å². The molecule has 2 aliphatic rings. The molecule has 1 atom stereocenters. The Morgan fingerprint density at radius 2 is 2.00 bits per heavy atom. The molecule has 8 heteroatoms. The maximum Gasteiger partial charge on any atom is 0.251 e. The van der Waals surface area contributed by atoms with Crippen LogP contribution in [0.5, 0.6) is 0 Å². The molecule has 194 valence electrons. The molecule has 1 saturated carbocycles. The van der Waals surface area contributed by atoms with Crippen LogP contribution in [-0.2, 0) is 6.54 Å². The number of benzene rings is 3. The molecule has 3 aromatic rings. The summed E-state index contributed by atoms with van der Waals surface area (Å²) in [5, 5.41) is 21.3. The van der Waals surface area contributed by atoms with E-state index in [0.29, 0.717) is 46.4 Å². The summed E-state index contributed by atoms with van der Waals surface area (Å²) >= 11 is 1.48. The van der Waals surface area contributed by atoms with Crippen molar-refractivity contribution >= 4 is 22.8 Å². The Kier molecular flexibility index (Phi) is 7.48. The molecule has 0 radical (unpaired) electrons. The number of carbonyl (C=O) groups is 1. The summed E-state index contributed by atoms with van der Waals surface area (Å²) in [4.78, 5) is 15.4. The maximum atomic E-state index is 13.8. The smallest absolute Gasteiger partial charge is 0.251 e. The molecule has 0 aromatic heterocycles. The molecule has 1 saturated heterocycles. The minimum Gasteiger partial charge on any atom is -0.351 e. The molecule has 1 aliphatic heterocycles.